The molecule has 8 aromatic carbocycles. The highest BCUT2D eigenvalue weighted by molar-refractivity contribution is 6.11. The van der Waals surface area contributed by atoms with Gasteiger partial charge in [0.25, 0.3) is 0 Å². The summed E-state index contributed by atoms with van der Waals surface area (Å²) in [6.07, 6.45) is 6.68. The van der Waals surface area contributed by atoms with Gasteiger partial charge in [-0.15, -0.1) is 0 Å². The van der Waals surface area contributed by atoms with Crippen LogP contribution in [0.5, 0.6) is 23.0 Å². The predicted octanol–water partition coefficient (Wildman–Crippen LogP) is 14.6. The zero-order valence-corrected chi connectivity index (χ0v) is 35.3. The number of hydrogen-bond donors (Lipinski definition) is 0. The first kappa shape index (κ1) is 41.5. The second-order valence-electron chi connectivity index (χ2n) is 15.4. The van der Waals surface area contributed by atoms with E-state index in [0.29, 0.717) is 47.0 Å². The minimum Gasteiger partial charge on any atom is -0.494 e. The summed E-state index contributed by atoms with van der Waals surface area (Å²) in [5, 5.41) is 3.59. The monoisotopic (exact) mass is 818 g/mol. The maximum Gasteiger partial charge on any atom is 0.343 e. The van der Waals surface area contributed by atoms with Gasteiger partial charge in [-0.25, -0.2) is 9.59 Å². The summed E-state index contributed by atoms with van der Waals surface area (Å²) in [5.74, 6) is 1.38. The van der Waals surface area contributed by atoms with Crippen LogP contribution in [0.4, 0.5) is 0 Å². The number of carbonyl (C=O) groups is 2. The lowest BCUT2D eigenvalue weighted by Gasteiger charge is -2.19. The minimum absolute atomic E-state index is 0.350. The summed E-state index contributed by atoms with van der Waals surface area (Å²) >= 11 is 0. The van der Waals surface area contributed by atoms with Crippen LogP contribution in [0.3, 0.4) is 0 Å². The highest BCUT2D eigenvalue weighted by Gasteiger charge is 2.23. The maximum atomic E-state index is 14.0. The number of fused-ring (bicyclic) bond motifs is 2. The lowest BCUT2D eigenvalue weighted by molar-refractivity contribution is 0.0723. The third kappa shape index (κ3) is 9.72. The van der Waals surface area contributed by atoms with Crippen molar-refractivity contribution >= 4 is 33.5 Å². The van der Waals surface area contributed by atoms with Gasteiger partial charge in [-0.05, 0) is 117 Å². The van der Waals surface area contributed by atoms with Crippen LogP contribution in [-0.2, 0) is 0 Å². The SMILES string of the molecule is CCCCCOc1ccc(-c2ccc(C(=O)Oc3ccc4ccccc4c3-c3c(OC(=O)c4ccc(-c5ccc(OCCCCC)cc5)cc4)ccc4ccccc34)cc2)cc1. The number of esters is 2. The van der Waals surface area contributed by atoms with E-state index in [2.05, 4.69) is 13.8 Å². The molecular weight excluding hydrogens is 769 g/mol. The molecule has 0 heterocycles. The largest absolute Gasteiger partial charge is 0.494 e. The van der Waals surface area contributed by atoms with Gasteiger partial charge >= 0.3 is 11.9 Å². The molecule has 0 fully saturated rings. The first-order chi connectivity index (χ1) is 30.5. The van der Waals surface area contributed by atoms with E-state index in [4.69, 9.17) is 18.9 Å². The van der Waals surface area contributed by atoms with Crippen molar-refractivity contribution in [3.8, 4) is 56.4 Å². The summed E-state index contributed by atoms with van der Waals surface area (Å²) in [6, 6.07) is 54.2. The molecule has 0 aliphatic carbocycles. The fraction of sp³-hybridized carbons (Fsp3) is 0.179. The van der Waals surface area contributed by atoms with Crippen LogP contribution >= 0.6 is 0 Å². The summed E-state index contributed by atoms with van der Waals surface area (Å²) < 4.78 is 24.4. The summed E-state index contributed by atoms with van der Waals surface area (Å²) in [5.41, 5.74) is 6.09. The summed E-state index contributed by atoms with van der Waals surface area (Å²) in [6.45, 7) is 5.77. The molecule has 0 spiro atoms. The Bertz CT molecular complexity index is 2580. The van der Waals surface area contributed by atoms with E-state index in [1.165, 1.54) is 0 Å². The average Bonchev–Trinajstić information content (AvgIpc) is 3.32. The van der Waals surface area contributed by atoms with E-state index in [0.717, 1.165) is 93.8 Å². The van der Waals surface area contributed by atoms with Gasteiger partial charge in [-0.3, -0.25) is 0 Å². The molecule has 62 heavy (non-hydrogen) atoms. The molecule has 0 amide bonds. The van der Waals surface area contributed by atoms with Crippen LogP contribution in [-0.4, -0.2) is 25.2 Å². The van der Waals surface area contributed by atoms with E-state index in [-0.39, 0.29) is 0 Å². The molecular formula is C56H50O6. The molecule has 0 aliphatic heterocycles. The molecule has 0 N–H and O–H groups in total. The van der Waals surface area contributed by atoms with Crippen molar-refractivity contribution in [2.45, 2.75) is 52.4 Å². The molecule has 0 aromatic heterocycles. The third-order valence-electron chi connectivity index (χ3n) is 11.1. The molecule has 6 heteroatoms. The van der Waals surface area contributed by atoms with Crippen molar-refractivity contribution in [2.24, 2.45) is 0 Å². The number of hydrogen-bond acceptors (Lipinski definition) is 6. The zero-order valence-electron chi connectivity index (χ0n) is 35.3. The Morgan fingerprint density at radius 1 is 0.387 bits per heavy atom. The number of ether oxygens (including phenoxy) is 4. The molecule has 8 aromatic rings. The Balaban J connectivity index is 1.06. The van der Waals surface area contributed by atoms with Crippen LogP contribution in [0.1, 0.15) is 73.1 Å². The number of benzene rings is 8. The standard InChI is InChI=1S/C56H50O6/c1-3-5-11-37-59-47-31-25-41(26-32-47)39-17-21-45(22-18-39)55(57)61-51-35-29-43-13-7-9-15-49(43)53(51)54-50-16-10-8-14-44(50)30-36-52(54)62-56(58)46-23-19-40(20-24-46)42-27-33-48(34-28-42)60-38-12-6-4-2/h7-10,13-36H,3-6,11-12,37-38H2,1-2H3. The molecule has 0 unspecified atom stereocenters. The van der Waals surface area contributed by atoms with E-state index in [1.807, 2.05) is 146 Å². The first-order valence-corrected chi connectivity index (χ1v) is 21.6. The zero-order chi connectivity index (χ0) is 42.7. The lowest BCUT2D eigenvalue weighted by Crippen LogP contribution is -2.11. The first-order valence-electron chi connectivity index (χ1n) is 21.6. The summed E-state index contributed by atoms with van der Waals surface area (Å²) in [7, 11) is 0. The fourth-order valence-electron chi connectivity index (χ4n) is 7.68. The molecule has 8 rings (SSSR count). The van der Waals surface area contributed by atoms with Crippen molar-refractivity contribution in [1.82, 2.24) is 0 Å². The third-order valence-corrected chi connectivity index (χ3v) is 11.1. The Morgan fingerprint density at radius 3 is 1.11 bits per heavy atom. The Kier molecular flexibility index (Phi) is 13.3. The van der Waals surface area contributed by atoms with Crippen molar-refractivity contribution in [3.63, 3.8) is 0 Å². The number of carbonyl (C=O) groups excluding carboxylic acids is 2. The molecule has 0 radical (unpaired) electrons. The van der Waals surface area contributed by atoms with Gasteiger partial charge in [-0.1, -0.05) is 149 Å². The molecule has 0 aliphatic rings. The molecule has 310 valence electrons. The topological polar surface area (TPSA) is 71.1 Å². The number of rotatable bonds is 17. The average molecular weight is 819 g/mol. The predicted molar refractivity (Wildman–Crippen MR) is 251 cm³/mol. The highest BCUT2D eigenvalue weighted by Crippen LogP contribution is 2.46. The fourth-order valence-corrected chi connectivity index (χ4v) is 7.68. The molecule has 0 saturated carbocycles. The molecule has 0 saturated heterocycles. The van der Waals surface area contributed by atoms with Gasteiger partial charge in [0.15, 0.2) is 0 Å². The van der Waals surface area contributed by atoms with E-state index in [1.54, 1.807) is 24.3 Å². The highest BCUT2D eigenvalue weighted by atomic mass is 16.5. The van der Waals surface area contributed by atoms with Crippen molar-refractivity contribution in [3.05, 3.63) is 181 Å². The second kappa shape index (κ2) is 19.9. The Hall–Kier alpha value is -7.18. The van der Waals surface area contributed by atoms with Gasteiger partial charge in [0.1, 0.15) is 23.0 Å². The maximum absolute atomic E-state index is 14.0. The molecule has 0 atom stereocenters. The minimum atomic E-state index is -0.503. The van der Waals surface area contributed by atoms with Crippen LogP contribution in [0.15, 0.2) is 170 Å². The van der Waals surface area contributed by atoms with Gasteiger partial charge in [0.2, 0.25) is 0 Å². The van der Waals surface area contributed by atoms with Gasteiger partial charge in [0.05, 0.1) is 24.3 Å². The Labute approximate surface area is 363 Å². The van der Waals surface area contributed by atoms with Gasteiger partial charge in [0, 0.05) is 11.1 Å². The van der Waals surface area contributed by atoms with Crippen LogP contribution in [0.25, 0.3) is 54.9 Å². The van der Waals surface area contributed by atoms with Gasteiger partial charge in [-0.2, -0.15) is 0 Å². The summed E-state index contributed by atoms with van der Waals surface area (Å²) in [4.78, 5) is 27.9. The van der Waals surface area contributed by atoms with E-state index >= 15 is 0 Å². The number of unbranched alkanes of at least 4 members (excludes halogenated alkanes) is 4. The normalized spacial score (nSPS) is 11.1. The van der Waals surface area contributed by atoms with E-state index < -0.39 is 11.9 Å². The van der Waals surface area contributed by atoms with Crippen LogP contribution in [0.2, 0.25) is 0 Å². The van der Waals surface area contributed by atoms with Crippen molar-refractivity contribution in [1.29, 1.82) is 0 Å². The van der Waals surface area contributed by atoms with Crippen molar-refractivity contribution in [2.75, 3.05) is 13.2 Å². The van der Waals surface area contributed by atoms with Gasteiger partial charge < -0.3 is 18.9 Å². The van der Waals surface area contributed by atoms with Crippen LogP contribution in [0, 0.1) is 0 Å². The van der Waals surface area contributed by atoms with E-state index in [9.17, 15) is 9.59 Å². The lowest BCUT2D eigenvalue weighted by atomic mass is 9.92. The molecule has 6 nitrogen and oxygen atoms in total. The smallest absolute Gasteiger partial charge is 0.343 e. The van der Waals surface area contributed by atoms with Crippen molar-refractivity contribution < 1.29 is 28.5 Å². The Morgan fingerprint density at radius 2 is 0.742 bits per heavy atom. The molecule has 0 bridgehead atoms. The quantitative estimate of drug-likeness (QED) is 0.0518. The second-order valence-corrected chi connectivity index (χ2v) is 15.4. The van der Waals surface area contributed by atoms with Crippen LogP contribution < -0.4 is 18.9 Å².